The van der Waals surface area contributed by atoms with Crippen LogP contribution < -0.4 is 14.8 Å². The summed E-state index contributed by atoms with van der Waals surface area (Å²) in [7, 11) is 0. The molecule has 0 saturated heterocycles. The Labute approximate surface area is 148 Å². The Morgan fingerprint density at radius 1 is 1.20 bits per heavy atom. The third kappa shape index (κ3) is 3.06. The maximum Gasteiger partial charge on any atom is 0.251 e. The zero-order chi connectivity index (χ0) is 17.4. The lowest BCUT2D eigenvalue weighted by Gasteiger charge is -2.22. The van der Waals surface area contributed by atoms with Gasteiger partial charge in [-0.05, 0) is 42.6 Å². The number of ether oxygens (including phenoxy) is 2. The molecule has 4 rings (SSSR count). The number of benzene rings is 2. The SMILES string of the molecule is C[C@@](O)(CNC(=O)c1ccc2c(c1)OCO2)c1cc2ccccc2s1. The summed E-state index contributed by atoms with van der Waals surface area (Å²) >= 11 is 1.53. The average molecular weight is 355 g/mol. The smallest absolute Gasteiger partial charge is 0.251 e. The van der Waals surface area contributed by atoms with Crippen molar-refractivity contribution in [2.24, 2.45) is 0 Å². The lowest BCUT2D eigenvalue weighted by Crippen LogP contribution is -2.38. The number of hydrogen-bond donors (Lipinski definition) is 2. The van der Waals surface area contributed by atoms with Gasteiger partial charge >= 0.3 is 0 Å². The highest BCUT2D eigenvalue weighted by molar-refractivity contribution is 7.19. The Morgan fingerprint density at radius 2 is 2.00 bits per heavy atom. The molecule has 25 heavy (non-hydrogen) atoms. The van der Waals surface area contributed by atoms with Crippen molar-refractivity contribution in [3.05, 3.63) is 59.0 Å². The van der Waals surface area contributed by atoms with Crippen LogP contribution in [0.3, 0.4) is 0 Å². The number of carbonyl (C=O) groups is 1. The molecule has 0 unspecified atom stereocenters. The van der Waals surface area contributed by atoms with E-state index < -0.39 is 5.60 Å². The predicted molar refractivity (Wildman–Crippen MR) is 96.3 cm³/mol. The number of thiophene rings is 1. The highest BCUT2D eigenvalue weighted by Crippen LogP contribution is 2.34. The van der Waals surface area contributed by atoms with Gasteiger partial charge in [0.25, 0.3) is 5.91 Å². The summed E-state index contributed by atoms with van der Waals surface area (Å²) in [4.78, 5) is 13.2. The van der Waals surface area contributed by atoms with Crippen molar-refractivity contribution in [3.8, 4) is 11.5 Å². The second kappa shape index (κ2) is 6.06. The summed E-state index contributed by atoms with van der Waals surface area (Å²) in [5, 5.41) is 14.7. The third-order valence-electron chi connectivity index (χ3n) is 4.18. The van der Waals surface area contributed by atoms with Gasteiger partial charge in [-0.15, -0.1) is 11.3 Å². The Balaban J connectivity index is 1.48. The highest BCUT2D eigenvalue weighted by atomic mass is 32.1. The van der Waals surface area contributed by atoms with Crippen molar-refractivity contribution in [2.45, 2.75) is 12.5 Å². The first-order valence-electron chi connectivity index (χ1n) is 7.92. The fourth-order valence-corrected chi connectivity index (χ4v) is 3.83. The van der Waals surface area contributed by atoms with Gasteiger partial charge in [0, 0.05) is 15.1 Å². The van der Waals surface area contributed by atoms with E-state index in [4.69, 9.17) is 9.47 Å². The Bertz CT molecular complexity index is 915. The quantitative estimate of drug-likeness (QED) is 0.754. The van der Waals surface area contributed by atoms with E-state index in [0.29, 0.717) is 17.1 Å². The summed E-state index contributed by atoms with van der Waals surface area (Å²) < 4.78 is 11.6. The minimum absolute atomic E-state index is 0.118. The molecule has 0 fully saturated rings. The summed E-state index contributed by atoms with van der Waals surface area (Å²) in [5.74, 6) is 0.928. The molecule has 5 nitrogen and oxygen atoms in total. The van der Waals surface area contributed by atoms with Crippen LogP contribution in [0.2, 0.25) is 0 Å². The number of hydrogen-bond acceptors (Lipinski definition) is 5. The summed E-state index contributed by atoms with van der Waals surface area (Å²) in [6, 6.07) is 15.0. The number of fused-ring (bicyclic) bond motifs is 2. The van der Waals surface area contributed by atoms with Crippen LogP contribution in [-0.2, 0) is 5.60 Å². The third-order valence-corrected chi connectivity index (χ3v) is 5.55. The van der Waals surface area contributed by atoms with Crippen molar-refractivity contribution in [2.75, 3.05) is 13.3 Å². The molecule has 3 aromatic rings. The lowest BCUT2D eigenvalue weighted by atomic mass is 10.0. The maximum absolute atomic E-state index is 12.4. The molecule has 0 aliphatic carbocycles. The maximum atomic E-state index is 12.4. The summed E-state index contributed by atoms with van der Waals surface area (Å²) in [6.07, 6.45) is 0. The van der Waals surface area contributed by atoms with Crippen molar-refractivity contribution in [1.29, 1.82) is 0 Å². The molecule has 1 aliphatic rings. The lowest BCUT2D eigenvalue weighted by molar-refractivity contribution is 0.0557. The molecule has 6 heteroatoms. The normalized spacial score (nSPS) is 15.1. The zero-order valence-electron chi connectivity index (χ0n) is 13.6. The van der Waals surface area contributed by atoms with Gasteiger partial charge in [-0.1, -0.05) is 18.2 Å². The molecule has 2 heterocycles. The van der Waals surface area contributed by atoms with Crippen molar-refractivity contribution < 1.29 is 19.4 Å². The fraction of sp³-hybridized carbons (Fsp3) is 0.211. The molecule has 2 aromatic carbocycles. The predicted octanol–water partition coefficient (Wildman–Crippen LogP) is 3.27. The second-order valence-electron chi connectivity index (χ2n) is 6.17. The van der Waals surface area contributed by atoms with Crippen LogP contribution in [0.15, 0.2) is 48.5 Å². The van der Waals surface area contributed by atoms with Gasteiger partial charge in [0.1, 0.15) is 5.60 Å². The van der Waals surface area contributed by atoms with Gasteiger partial charge in [0.05, 0.1) is 6.54 Å². The van der Waals surface area contributed by atoms with Crippen LogP contribution >= 0.6 is 11.3 Å². The monoisotopic (exact) mass is 355 g/mol. The molecule has 2 N–H and O–H groups in total. The van der Waals surface area contributed by atoms with E-state index in [0.717, 1.165) is 15.0 Å². The average Bonchev–Trinajstić information content (AvgIpc) is 3.25. The first-order chi connectivity index (χ1) is 12.0. The molecule has 1 aliphatic heterocycles. The molecule has 0 saturated carbocycles. The molecule has 128 valence electrons. The number of aliphatic hydroxyl groups is 1. The molecule has 0 spiro atoms. The standard InChI is InChI=1S/C19H17NO4S/c1-19(22,17-9-12-4-2-3-5-16(12)25-17)10-20-18(21)13-6-7-14-15(8-13)24-11-23-14/h2-9,22H,10-11H2,1H3,(H,20,21)/t19-/m1/s1. The fourth-order valence-electron chi connectivity index (χ4n) is 2.73. The van der Waals surface area contributed by atoms with E-state index in [1.165, 1.54) is 11.3 Å². The van der Waals surface area contributed by atoms with Crippen molar-refractivity contribution in [3.63, 3.8) is 0 Å². The van der Waals surface area contributed by atoms with Gasteiger partial charge in [0.15, 0.2) is 11.5 Å². The van der Waals surface area contributed by atoms with Crippen molar-refractivity contribution in [1.82, 2.24) is 5.32 Å². The number of nitrogens with one attached hydrogen (secondary N) is 1. The number of amides is 1. The van der Waals surface area contributed by atoms with E-state index in [1.807, 2.05) is 30.3 Å². The molecule has 0 bridgehead atoms. The van der Waals surface area contributed by atoms with Gasteiger partial charge in [-0.25, -0.2) is 0 Å². The molecule has 0 radical (unpaired) electrons. The summed E-state index contributed by atoms with van der Waals surface area (Å²) in [6.45, 7) is 1.99. The molecular weight excluding hydrogens is 338 g/mol. The van der Waals surface area contributed by atoms with E-state index in [2.05, 4.69) is 5.32 Å². The zero-order valence-corrected chi connectivity index (χ0v) is 14.4. The van der Waals surface area contributed by atoms with Crippen LogP contribution in [0.4, 0.5) is 0 Å². The van der Waals surface area contributed by atoms with E-state index in [-0.39, 0.29) is 19.2 Å². The molecule has 1 atom stereocenters. The van der Waals surface area contributed by atoms with E-state index >= 15 is 0 Å². The summed E-state index contributed by atoms with van der Waals surface area (Å²) in [5.41, 5.74) is -0.674. The van der Waals surface area contributed by atoms with Gasteiger partial charge < -0.3 is 19.9 Å². The minimum Gasteiger partial charge on any atom is -0.454 e. The van der Waals surface area contributed by atoms with Gasteiger partial charge in [0.2, 0.25) is 6.79 Å². The molecule has 1 amide bonds. The van der Waals surface area contributed by atoms with E-state index in [1.54, 1.807) is 25.1 Å². The highest BCUT2D eigenvalue weighted by Gasteiger charge is 2.26. The topological polar surface area (TPSA) is 67.8 Å². The Morgan fingerprint density at radius 3 is 2.84 bits per heavy atom. The second-order valence-corrected chi connectivity index (χ2v) is 7.26. The van der Waals surface area contributed by atoms with Gasteiger partial charge in [-0.3, -0.25) is 4.79 Å². The Hall–Kier alpha value is -2.57. The molecular formula is C19H17NO4S. The van der Waals surface area contributed by atoms with Gasteiger partial charge in [-0.2, -0.15) is 0 Å². The van der Waals surface area contributed by atoms with Crippen LogP contribution in [0, 0.1) is 0 Å². The molecule has 1 aromatic heterocycles. The van der Waals surface area contributed by atoms with Crippen LogP contribution in [0.25, 0.3) is 10.1 Å². The number of rotatable bonds is 4. The van der Waals surface area contributed by atoms with Crippen LogP contribution in [0.5, 0.6) is 11.5 Å². The Kier molecular flexibility index (Phi) is 3.86. The van der Waals surface area contributed by atoms with Crippen LogP contribution in [0.1, 0.15) is 22.2 Å². The largest absolute Gasteiger partial charge is 0.454 e. The van der Waals surface area contributed by atoms with Crippen molar-refractivity contribution >= 4 is 27.3 Å². The first-order valence-corrected chi connectivity index (χ1v) is 8.74. The first kappa shape index (κ1) is 15.9. The van der Waals surface area contributed by atoms with Crippen LogP contribution in [-0.4, -0.2) is 24.4 Å². The number of carbonyl (C=O) groups excluding carboxylic acids is 1. The van der Waals surface area contributed by atoms with E-state index in [9.17, 15) is 9.90 Å². The minimum atomic E-state index is -1.14.